The van der Waals surface area contributed by atoms with E-state index >= 15 is 0 Å². The molecule has 1 heterocycles. The third kappa shape index (κ3) is 3.71. The van der Waals surface area contributed by atoms with Crippen LogP contribution in [0.25, 0.3) is 0 Å². The minimum atomic E-state index is 0.142. The lowest BCUT2D eigenvalue weighted by atomic mass is 9.96. The Morgan fingerprint density at radius 2 is 2.16 bits per heavy atom. The van der Waals surface area contributed by atoms with Crippen LogP contribution in [0.2, 0.25) is 0 Å². The second-order valence-corrected chi connectivity index (χ2v) is 7.16. The van der Waals surface area contributed by atoms with Gasteiger partial charge in [0.15, 0.2) is 0 Å². The molecule has 1 aliphatic rings. The molecule has 0 amide bonds. The molecule has 1 unspecified atom stereocenters. The zero-order valence-electron chi connectivity index (χ0n) is 12.3. The standard InChI is InChI=1S/C15H24BrN3/c1-15(2)11-17-13(9-18(3)4)10-19(15)14-7-5-6-12(16)8-14/h5-8,13,17H,9-11H2,1-4H3. The van der Waals surface area contributed by atoms with Crippen molar-refractivity contribution in [3.63, 3.8) is 0 Å². The summed E-state index contributed by atoms with van der Waals surface area (Å²) in [6.45, 7) is 7.72. The molecule has 106 valence electrons. The van der Waals surface area contributed by atoms with Crippen LogP contribution in [0.5, 0.6) is 0 Å². The molecule has 0 saturated carbocycles. The molecule has 4 heteroatoms. The van der Waals surface area contributed by atoms with Crippen molar-refractivity contribution in [1.82, 2.24) is 10.2 Å². The van der Waals surface area contributed by atoms with Gasteiger partial charge < -0.3 is 15.1 Å². The monoisotopic (exact) mass is 325 g/mol. The van der Waals surface area contributed by atoms with E-state index in [2.05, 4.69) is 83.3 Å². The lowest BCUT2D eigenvalue weighted by molar-refractivity contribution is 0.270. The highest BCUT2D eigenvalue weighted by atomic mass is 79.9. The van der Waals surface area contributed by atoms with Crippen LogP contribution in [0.15, 0.2) is 28.7 Å². The Hall–Kier alpha value is -0.580. The maximum Gasteiger partial charge on any atom is 0.0471 e. The molecular formula is C15H24BrN3. The van der Waals surface area contributed by atoms with Crippen LogP contribution >= 0.6 is 15.9 Å². The molecule has 0 radical (unpaired) electrons. The summed E-state index contributed by atoms with van der Waals surface area (Å²) in [6.07, 6.45) is 0. The molecule has 0 aliphatic carbocycles. The Balaban J connectivity index is 2.19. The predicted molar refractivity (Wildman–Crippen MR) is 85.9 cm³/mol. The van der Waals surface area contributed by atoms with Crippen molar-refractivity contribution in [3.8, 4) is 0 Å². The number of likely N-dealkylation sites (N-methyl/N-ethyl adjacent to an activating group) is 1. The van der Waals surface area contributed by atoms with Gasteiger partial charge in [-0.1, -0.05) is 22.0 Å². The number of halogens is 1. The van der Waals surface area contributed by atoms with Gasteiger partial charge in [-0.2, -0.15) is 0 Å². The smallest absolute Gasteiger partial charge is 0.0471 e. The van der Waals surface area contributed by atoms with Crippen molar-refractivity contribution in [2.24, 2.45) is 0 Å². The maximum absolute atomic E-state index is 3.66. The van der Waals surface area contributed by atoms with E-state index in [0.29, 0.717) is 6.04 Å². The molecule has 3 nitrogen and oxygen atoms in total. The number of rotatable bonds is 3. The molecule has 1 aromatic rings. The second-order valence-electron chi connectivity index (χ2n) is 6.24. The van der Waals surface area contributed by atoms with Crippen molar-refractivity contribution in [1.29, 1.82) is 0 Å². The Morgan fingerprint density at radius 1 is 1.42 bits per heavy atom. The average Bonchev–Trinajstić information content (AvgIpc) is 2.31. The summed E-state index contributed by atoms with van der Waals surface area (Å²) in [5, 5.41) is 3.66. The maximum atomic E-state index is 3.66. The van der Waals surface area contributed by atoms with E-state index in [0.717, 1.165) is 24.1 Å². The van der Waals surface area contributed by atoms with Crippen LogP contribution in [-0.2, 0) is 0 Å². The lowest BCUT2D eigenvalue weighted by Gasteiger charge is -2.48. The summed E-state index contributed by atoms with van der Waals surface area (Å²) in [5.74, 6) is 0. The van der Waals surface area contributed by atoms with Crippen LogP contribution in [0.4, 0.5) is 5.69 Å². The van der Waals surface area contributed by atoms with E-state index in [-0.39, 0.29) is 5.54 Å². The second kappa shape index (κ2) is 5.81. The molecule has 0 spiro atoms. The fourth-order valence-corrected chi connectivity index (χ4v) is 3.07. The zero-order valence-corrected chi connectivity index (χ0v) is 13.9. The van der Waals surface area contributed by atoms with Crippen LogP contribution < -0.4 is 10.2 Å². The minimum Gasteiger partial charge on any atom is -0.363 e. The Labute approximate surface area is 125 Å². The van der Waals surface area contributed by atoms with Gasteiger partial charge in [0.05, 0.1) is 0 Å². The summed E-state index contributed by atoms with van der Waals surface area (Å²) in [4.78, 5) is 4.76. The van der Waals surface area contributed by atoms with Gasteiger partial charge in [-0.05, 0) is 46.1 Å². The fourth-order valence-electron chi connectivity index (χ4n) is 2.68. The fraction of sp³-hybridized carbons (Fsp3) is 0.600. The first-order valence-corrected chi connectivity index (χ1v) is 7.59. The molecule has 1 saturated heterocycles. The number of hydrogen-bond donors (Lipinski definition) is 1. The number of nitrogens with zero attached hydrogens (tertiary/aromatic N) is 2. The van der Waals surface area contributed by atoms with E-state index in [9.17, 15) is 0 Å². The Kier molecular flexibility index (Phi) is 4.54. The van der Waals surface area contributed by atoms with Crippen molar-refractivity contribution in [3.05, 3.63) is 28.7 Å². The van der Waals surface area contributed by atoms with Gasteiger partial charge in [0.1, 0.15) is 0 Å². The summed E-state index contributed by atoms with van der Waals surface area (Å²) in [7, 11) is 4.26. The van der Waals surface area contributed by atoms with E-state index in [1.165, 1.54) is 5.69 Å². The summed E-state index contributed by atoms with van der Waals surface area (Å²) < 4.78 is 1.14. The molecule has 1 aliphatic heterocycles. The molecule has 0 aromatic heterocycles. The highest BCUT2D eigenvalue weighted by Gasteiger charge is 2.34. The molecule has 1 aromatic carbocycles. The number of hydrogen-bond acceptors (Lipinski definition) is 3. The summed E-state index contributed by atoms with van der Waals surface area (Å²) in [5.41, 5.74) is 1.44. The summed E-state index contributed by atoms with van der Waals surface area (Å²) in [6, 6.07) is 9.11. The van der Waals surface area contributed by atoms with Gasteiger partial charge in [0, 0.05) is 41.4 Å². The van der Waals surface area contributed by atoms with Crippen molar-refractivity contribution >= 4 is 21.6 Å². The molecule has 1 N–H and O–H groups in total. The lowest BCUT2D eigenvalue weighted by Crippen LogP contribution is -2.64. The van der Waals surface area contributed by atoms with Gasteiger partial charge in [-0.15, -0.1) is 0 Å². The number of anilines is 1. The van der Waals surface area contributed by atoms with Crippen LogP contribution in [0, 0.1) is 0 Å². The first-order valence-electron chi connectivity index (χ1n) is 6.80. The SMILES string of the molecule is CN(C)CC1CN(c2cccc(Br)c2)C(C)(C)CN1. The normalized spacial score (nSPS) is 22.8. The van der Waals surface area contributed by atoms with Crippen molar-refractivity contribution < 1.29 is 0 Å². The number of piperazine rings is 1. The topological polar surface area (TPSA) is 18.5 Å². The highest BCUT2D eigenvalue weighted by Crippen LogP contribution is 2.28. The Bertz CT molecular complexity index is 431. The van der Waals surface area contributed by atoms with Crippen LogP contribution in [-0.4, -0.2) is 50.2 Å². The van der Waals surface area contributed by atoms with E-state index < -0.39 is 0 Å². The van der Waals surface area contributed by atoms with Gasteiger partial charge >= 0.3 is 0 Å². The third-order valence-corrected chi connectivity index (χ3v) is 4.16. The van der Waals surface area contributed by atoms with E-state index in [4.69, 9.17) is 0 Å². The number of nitrogens with one attached hydrogen (secondary N) is 1. The molecular weight excluding hydrogens is 302 g/mol. The van der Waals surface area contributed by atoms with Crippen LogP contribution in [0.3, 0.4) is 0 Å². The third-order valence-electron chi connectivity index (χ3n) is 3.66. The summed E-state index contributed by atoms with van der Waals surface area (Å²) >= 11 is 3.57. The average molecular weight is 326 g/mol. The molecule has 19 heavy (non-hydrogen) atoms. The first-order chi connectivity index (χ1) is 8.88. The van der Waals surface area contributed by atoms with Gasteiger partial charge in [0.2, 0.25) is 0 Å². The largest absolute Gasteiger partial charge is 0.363 e. The quantitative estimate of drug-likeness (QED) is 0.921. The molecule has 1 fully saturated rings. The molecule has 2 rings (SSSR count). The highest BCUT2D eigenvalue weighted by molar-refractivity contribution is 9.10. The van der Waals surface area contributed by atoms with E-state index in [1.807, 2.05) is 0 Å². The van der Waals surface area contributed by atoms with Gasteiger partial charge in [-0.25, -0.2) is 0 Å². The van der Waals surface area contributed by atoms with Crippen molar-refractivity contribution in [2.45, 2.75) is 25.4 Å². The van der Waals surface area contributed by atoms with Crippen molar-refractivity contribution in [2.75, 3.05) is 38.6 Å². The van der Waals surface area contributed by atoms with E-state index in [1.54, 1.807) is 0 Å². The Morgan fingerprint density at radius 3 is 2.79 bits per heavy atom. The van der Waals surface area contributed by atoms with Gasteiger partial charge in [0.25, 0.3) is 0 Å². The van der Waals surface area contributed by atoms with Crippen LogP contribution in [0.1, 0.15) is 13.8 Å². The number of benzene rings is 1. The molecule has 1 atom stereocenters. The predicted octanol–water partition coefficient (Wildman–Crippen LogP) is 2.57. The van der Waals surface area contributed by atoms with Gasteiger partial charge in [-0.3, -0.25) is 0 Å². The minimum absolute atomic E-state index is 0.142. The first kappa shape index (κ1) is 14.8. The zero-order chi connectivity index (χ0) is 14.0. The molecule has 0 bridgehead atoms.